The van der Waals surface area contributed by atoms with Crippen molar-refractivity contribution in [2.24, 2.45) is 5.92 Å². The topological polar surface area (TPSA) is 38.3 Å². The van der Waals surface area contributed by atoms with E-state index in [0.29, 0.717) is 18.3 Å². The second-order valence-electron chi connectivity index (χ2n) is 4.16. The van der Waals surface area contributed by atoms with Gasteiger partial charge >= 0.3 is 0 Å². The van der Waals surface area contributed by atoms with Crippen LogP contribution in [0, 0.1) is 5.92 Å². The fourth-order valence-corrected chi connectivity index (χ4v) is 2.14. The van der Waals surface area contributed by atoms with Crippen molar-refractivity contribution in [2.75, 3.05) is 25.2 Å². The molecule has 1 N–H and O–H groups in total. The number of carbonyl (C=O) groups excluding carboxylic acids is 1. The highest BCUT2D eigenvalue weighted by Crippen LogP contribution is 2.08. The van der Waals surface area contributed by atoms with E-state index < -0.39 is 0 Å². The minimum absolute atomic E-state index is 0.105. The van der Waals surface area contributed by atoms with Crippen LogP contribution in [0.5, 0.6) is 0 Å². The average molecular weight is 233 g/mol. The van der Waals surface area contributed by atoms with Crippen LogP contribution in [-0.2, 0) is 9.53 Å². The molecule has 0 aromatic heterocycles. The van der Waals surface area contributed by atoms with E-state index in [0.717, 1.165) is 5.75 Å². The summed E-state index contributed by atoms with van der Waals surface area (Å²) in [6.07, 6.45) is 1.17. The maximum absolute atomic E-state index is 11.4. The number of carbonyl (C=O) groups is 1. The van der Waals surface area contributed by atoms with Crippen molar-refractivity contribution >= 4 is 17.7 Å². The summed E-state index contributed by atoms with van der Waals surface area (Å²) in [5, 5.41) is 2.88. The van der Waals surface area contributed by atoms with E-state index in [2.05, 4.69) is 19.2 Å². The summed E-state index contributed by atoms with van der Waals surface area (Å²) in [5.41, 5.74) is 0. The molecule has 3 nitrogen and oxygen atoms in total. The van der Waals surface area contributed by atoms with E-state index in [4.69, 9.17) is 4.74 Å². The van der Waals surface area contributed by atoms with Crippen LogP contribution in [0.15, 0.2) is 0 Å². The van der Waals surface area contributed by atoms with Gasteiger partial charge in [-0.3, -0.25) is 4.79 Å². The van der Waals surface area contributed by atoms with Gasteiger partial charge in [-0.15, -0.1) is 0 Å². The van der Waals surface area contributed by atoms with Gasteiger partial charge in [-0.25, -0.2) is 0 Å². The molecule has 1 unspecified atom stereocenters. The number of amides is 1. The minimum atomic E-state index is 0.105. The Morgan fingerprint density at radius 3 is 2.60 bits per heavy atom. The van der Waals surface area contributed by atoms with Crippen LogP contribution in [0.25, 0.3) is 0 Å². The number of ether oxygens (including phenoxy) is 1. The molecule has 0 spiro atoms. The molecule has 0 fully saturated rings. The maximum atomic E-state index is 11.4. The molecule has 4 heteroatoms. The largest absolute Gasteiger partial charge is 0.383 e. The number of hydrogen-bond donors (Lipinski definition) is 1. The third kappa shape index (κ3) is 10.1. The predicted molar refractivity (Wildman–Crippen MR) is 66.3 cm³/mol. The Morgan fingerprint density at radius 2 is 2.07 bits per heavy atom. The van der Waals surface area contributed by atoms with Gasteiger partial charge in [0.15, 0.2) is 0 Å². The lowest BCUT2D eigenvalue weighted by Gasteiger charge is -2.12. The fourth-order valence-electron chi connectivity index (χ4n) is 1.09. The predicted octanol–water partition coefficient (Wildman–Crippen LogP) is 1.92. The first-order valence-corrected chi connectivity index (χ1v) is 6.57. The van der Waals surface area contributed by atoms with Crippen molar-refractivity contribution < 1.29 is 9.53 Å². The highest BCUT2D eigenvalue weighted by molar-refractivity contribution is 7.99. The molecule has 0 bridgehead atoms. The minimum Gasteiger partial charge on any atom is -0.383 e. The number of rotatable bonds is 8. The van der Waals surface area contributed by atoms with Crippen molar-refractivity contribution in [1.29, 1.82) is 0 Å². The molecular formula is C11H23NO2S. The lowest BCUT2D eigenvalue weighted by Crippen LogP contribution is -2.36. The van der Waals surface area contributed by atoms with Gasteiger partial charge < -0.3 is 10.1 Å². The van der Waals surface area contributed by atoms with Crippen molar-refractivity contribution in [3.8, 4) is 0 Å². The Kier molecular flexibility index (Phi) is 8.91. The highest BCUT2D eigenvalue weighted by Gasteiger charge is 2.06. The van der Waals surface area contributed by atoms with Gasteiger partial charge in [-0.1, -0.05) is 13.8 Å². The second kappa shape index (κ2) is 9.04. The third-order valence-corrected chi connectivity index (χ3v) is 2.89. The van der Waals surface area contributed by atoms with Crippen LogP contribution < -0.4 is 5.32 Å². The summed E-state index contributed by atoms with van der Waals surface area (Å²) in [5.74, 6) is 2.44. The maximum Gasteiger partial charge on any atom is 0.230 e. The zero-order chi connectivity index (χ0) is 11.7. The van der Waals surface area contributed by atoms with E-state index in [1.807, 2.05) is 6.92 Å². The smallest absolute Gasteiger partial charge is 0.230 e. The quantitative estimate of drug-likeness (QED) is 0.651. The Bertz CT molecular complexity index is 174. The Labute approximate surface area is 97.3 Å². The number of nitrogens with one attached hydrogen (secondary N) is 1. The molecule has 0 heterocycles. The molecule has 0 aliphatic rings. The standard InChI is InChI=1S/C11H23NO2S/c1-9(2)5-6-15-8-11(13)12-10(3)7-14-4/h9-10H,5-8H2,1-4H3,(H,12,13). The molecule has 0 aromatic carbocycles. The molecule has 0 saturated carbocycles. The fraction of sp³-hybridized carbons (Fsp3) is 0.909. The van der Waals surface area contributed by atoms with E-state index >= 15 is 0 Å². The van der Waals surface area contributed by atoms with Crippen molar-refractivity contribution in [2.45, 2.75) is 33.2 Å². The summed E-state index contributed by atoms with van der Waals surface area (Å²) >= 11 is 1.70. The monoisotopic (exact) mass is 233 g/mol. The SMILES string of the molecule is COCC(C)NC(=O)CSCCC(C)C. The van der Waals surface area contributed by atoms with Crippen molar-refractivity contribution in [3.05, 3.63) is 0 Å². The van der Waals surface area contributed by atoms with Crippen molar-refractivity contribution in [3.63, 3.8) is 0 Å². The first-order chi connectivity index (χ1) is 7.06. The average Bonchev–Trinajstić information content (AvgIpc) is 2.12. The zero-order valence-electron chi connectivity index (χ0n) is 10.2. The molecule has 0 aliphatic heterocycles. The van der Waals surface area contributed by atoms with Gasteiger partial charge in [-0.2, -0.15) is 11.8 Å². The van der Waals surface area contributed by atoms with Crippen LogP contribution in [0.1, 0.15) is 27.2 Å². The molecule has 0 radical (unpaired) electrons. The lowest BCUT2D eigenvalue weighted by molar-refractivity contribution is -0.119. The molecule has 15 heavy (non-hydrogen) atoms. The van der Waals surface area contributed by atoms with E-state index in [9.17, 15) is 4.79 Å². The van der Waals surface area contributed by atoms with Crippen molar-refractivity contribution in [1.82, 2.24) is 5.32 Å². The van der Waals surface area contributed by atoms with Crippen LogP contribution >= 0.6 is 11.8 Å². The molecule has 0 aliphatic carbocycles. The van der Waals surface area contributed by atoms with Gasteiger partial charge in [-0.05, 0) is 25.0 Å². The van der Waals surface area contributed by atoms with Gasteiger partial charge in [0.2, 0.25) is 5.91 Å². The molecule has 0 rings (SSSR count). The Morgan fingerprint density at radius 1 is 1.40 bits per heavy atom. The van der Waals surface area contributed by atoms with Gasteiger partial charge in [0, 0.05) is 13.2 Å². The summed E-state index contributed by atoms with van der Waals surface area (Å²) < 4.78 is 4.94. The summed E-state index contributed by atoms with van der Waals surface area (Å²) in [6.45, 7) is 6.91. The van der Waals surface area contributed by atoms with E-state index in [-0.39, 0.29) is 11.9 Å². The lowest BCUT2D eigenvalue weighted by atomic mass is 10.2. The summed E-state index contributed by atoms with van der Waals surface area (Å²) in [7, 11) is 1.64. The molecule has 0 saturated heterocycles. The van der Waals surface area contributed by atoms with Crippen LogP contribution in [0.4, 0.5) is 0 Å². The number of thioether (sulfide) groups is 1. The van der Waals surface area contributed by atoms with Crippen LogP contribution in [-0.4, -0.2) is 37.2 Å². The highest BCUT2D eigenvalue weighted by atomic mass is 32.2. The molecular weight excluding hydrogens is 210 g/mol. The molecule has 1 atom stereocenters. The van der Waals surface area contributed by atoms with E-state index in [1.165, 1.54) is 6.42 Å². The summed E-state index contributed by atoms with van der Waals surface area (Å²) in [6, 6.07) is 0.105. The Balaban J connectivity index is 3.40. The number of methoxy groups -OCH3 is 1. The summed E-state index contributed by atoms with van der Waals surface area (Å²) in [4.78, 5) is 11.4. The number of hydrogen-bond acceptors (Lipinski definition) is 3. The molecule has 1 amide bonds. The van der Waals surface area contributed by atoms with Crippen LogP contribution in [0.3, 0.4) is 0 Å². The van der Waals surface area contributed by atoms with Gasteiger partial charge in [0.25, 0.3) is 0 Å². The normalized spacial score (nSPS) is 12.9. The van der Waals surface area contributed by atoms with Gasteiger partial charge in [0.05, 0.1) is 12.4 Å². The Hall–Kier alpha value is -0.220. The first kappa shape index (κ1) is 14.8. The molecule has 0 aromatic rings. The van der Waals surface area contributed by atoms with Crippen LogP contribution in [0.2, 0.25) is 0 Å². The third-order valence-electron chi connectivity index (χ3n) is 1.90. The van der Waals surface area contributed by atoms with E-state index in [1.54, 1.807) is 18.9 Å². The second-order valence-corrected chi connectivity index (χ2v) is 5.26. The molecule has 90 valence electrons. The first-order valence-electron chi connectivity index (χ1n) is 5.42. The van der Waals surface area contributed by atoms with Gasteiger partial charge in [0.1, 0.15) is 0 Å². The zero-order valence-corrected chi connectivity index (χ0v) is 11.0.